The van der Waals surface area contributed by atoms with Gasteiger partial charge in [0.15, 0.2) is 0 Å². The van der Waals surface area contributed by atoms with Gasteiger partial charge in [-0.25, -0.2) is 13.3 Å². The SMILES string of the molecule is Cc1cc2c(cc1-c1n(-c3c(C(C)C)cccc3C(C)C)cc[n+]1C)oc1cc(F)cc(F)c12. The number of halogens is 2. The number of aryl methyl sites for hydroxylation is 2. The number of furan rings is 1. The summed E-state index contributed by atoms with van der Waals surface area (Å²) in [6.45, 7) is 10.9. The standard InChI is InChI=1S/C29H29F2N2O/c1-16(2)20-8-7-9-21(17(3)4)28(20)33-11-10-32(6)29(33)22-15-25-23(12-18(22)5)27-24(31)13-19(30)14-26(27)34-25/h7-17H,1-6H3/q+1. The van der Waals surface area contributed by atoms with E-state index < -0.39 is 11.6 Å². The first-order chi connectivity index (χ1) is 16.2. The molecule has 34 heavy (non-hydrogen) atoms. The van der Waals surface area contributed by atoms with Gasteiger partial charge >= 0.3 is 0 Å². The Morgan fingerprint density at radius 3 is 2.24 bits per heavy atom. The number of imidazole rings is 1. The molecule has 0 aliphatic carbocycles. The van der Waals surface area contributed by atoms with E-state index in [9.17, 15) is 8.78 Å². The van der Waals surface area contributed by atoms with Crippen molar-refractivity contribution >= 4 is 21.9 Å². The zero-order valence-corrected chi connectivity index (χ0v) is 20.4. The molecule has 0 N–H and O–H groups in total. The van der Waals surface area contributed by atoms with Crippen molar-refractivity contribution in [1.82, 2.24) is 4.57 Å². The van der Waals surface area contributed by atoms with Crippen LogP contribution in [0, 0.1) is 18.6 Å². The Kier molecular flexibility index (Phi) is 5.31. The van der Waals surface area contributed by atoms with Crippen molar-refractivity contribution in [2.24, 2.45) is 7.05 Å². The molecular formula is C29H29F2N2O+. The van der Waals surface area contributed by atoms with E-state index in [-0.39, 0.29) is 5.58 Å². The molecule has 0 atom stereocenters. The van der Waals surface area contributed by atoms with Crippen LogP contribution in [0.25, 0.3) is 39.0 Å². The monoisotopic (exact) mass is 459 g/mol. The highest BCUT2D eigenvalue weighted by atomic mass is 19.1. The lowest BCUT2D eigenvalue weighted by atomic mass is 9.92. The van der Waals surface area contributed by atoms with Crippen molar-refractivity contribution in [1.29, 1.82) is 0 Å². The van der Waals surface area contributed by atoms with E-state index in [0.29, 0.717) is 28.2 Å². The Balaban J connectivity index is 1.81. The van der Waals surface area contributed by atoms with E-state index in [1.165, 1.54) is 22.9 Å². The number of hydrogen-bond donors (Lipinski definition) is 0. The van der Waals surface area contributed by atoms with Crippen LogP contribution in [0.1, 0.15) is 56.2 Å². The van der Waals surface area contributed by atoms with Crippen molar-refractivity contribution in [2.45, 2.75) is 46.5 Å². The number of nitrogens with zero attached hydrogens (tertiary/aromatic N) is 2. The molecule has 0 spiro atoms. The van der Waals surface area contributed by atoms with Gasteiger partial charge < -0.3 is 4.42 Å². The summed E-state index contributed by atoms with van der Waals surface area (Å²) in [5.74, 6) is 0.453. The predicted octanol–water partition coefficient (Wildman–Crippen LogP) is 7.70. The number of hydrogen-bond acceptors (Lipinski definition) is 1. The lowest BCUT2D eigenvalue weighted by Crippen LogP contribution is -2.29. The molecule has 5 aromatic rings. The number of benzene rings is 3. The summed E-state index contributed by atoms with van der Waals surface area (Å²) in [5.41, 5.74) is 6.48. The van der Waals surface area contributed by atoms with Crippen LogP contribution in [0.5, 0.6) is 0 Å². The molecule has 0 saturated heterocycles. The molecule has 3 aromatic carbocycles. The van der Waals surface area contributed by atoms with Crippen LogP contribution in [-0.2, 0) is 7.05 Å². The fraction of sp³-hybridized carbons (Fsp3) is 0.276. The maximum Gasteiger partial charge on any atom is 0.294 e. The summed E-state index contributed by atoms with van der Waals surface area (Å²) < 4.78 is 38.7. The average molecular weight is 460 g/mol. The zero-order chi connectivity index (χ0) is 24.3. The summed E-state index contributed by atoms with van der Waals surface area (Å²) in [5, 5.41) is 0.970. The van der Waals surface area contributed by atoms with Crippen LogP contribution in [-0.4, -0.2) is 4.57 Å². The molecule has 0 unspecified atom stereocenters. The van der Waals surface area contributed by atoms with E-state index in [4.69, 9.17) is 4.42 Å². The van der Waals surface area contributed by atoms with Gasteiger partial charge in [0.1, 0.15) is 40.9 Å². The summed E-state index contributed by atoms with van der Waals surface area (Å²) in [6, 6.07) is 12.6. The summed E-state index contributed by atoms with van der Waals surface area (Å²) in [4.78, 5) is 0. The summed E-state index contributed by atoms with van der Waals surface area (Å²) in [6.07, 6.45) is 4.15. The Morgan fingerprint density at radius 2 is 1.59 bits per heavy atom. The lowest BCUT2D eigenvalue weighted by molar-refractivity contribution is -0.659. The molecule has 0 bridgehead atoms. The predicted molar refractivity (Wildman–Crippen MR) is 132 cm³/mol. The largest absolute Gasteiger partial charge is 0.456 e. The van der Waals surface area contributed by atoms with Gasteiger partial charge in [0.25, 0.3) is 5.82 Å². The molecule has 5 rings (SSSR count). The summed E-state index contributed by atoms with van der Waals surface area (Å²) >= 11 is 0. The third-order valence-corrected chi connectivity index (χ3v) is 6.66. The van der Waals surface area contributed by atoms with Crippen LogP contribution in [0.3, 0.4) is 0 Å². The Bertz CT molecular complexity index is 1530. The minimum absolute atomic E-state index is 0.219. The molecule has 0 aliphatic heterocycles. The van der Waals surface area contributed by atoms with E-state index >= 15 is 0 Å². The molecular weight excluding hydrogens is 430 g/mol. The maximum atomic E-state index is 14.6. The van der Waals surface area contributed by atoms with Crippen LogP contribution < -0.4 is 4.57 Å². The topological polar surface area (TPSA) is 21.9 Å². The molecule has 0 amide bonds. The van der Waals surface area contributed by atoms with E-state index in [1.54, 1.807) is 0 Å². The fourth-order valence-electron chi connectivity index (χ4n) is 4.99. The zero-order valence-electron chi connectivity index (χ0n) is 20.4. The van der Waals surface area contributed by atoms with E-state index in [1.807, 2.05) is 32.3 Å². The van der Waals surface area contributed by atoms with Gasteiger partial charge in [-0.05, 0) is 36.5 Å². The van der Waals surface area contributed by atoms with Gasteiger partial charge in [-0.2, -0.15) is 4.57 Å². The van der Waals surface area contributed by atoms with E-state index in [2.05, 4.69) is 61.2 Å². The fourth-order valence-corrected chi connectivity index (χ4v) is 4.99. The number of aromatic nitrogens is 2. The smallest absolute Gasteiger partial charge is 0.294 e. The molecule has 0 saturated carbocycles. The number of rotatable bonds is 4. The van der Waals surface area contributed by atoms with Crippen molar-refractivity contribution in [2.75, 3.05) is 0 Å². The first kappa shape index (κ1) is 22.3. The molecule has 5 heteroatoms. The Morgan fingerprint density at radius 1 is 0.912 bits per heavy atom. The third-order valence-electron chi connectivity index (χ3n) is 6.66. The Labute approximate surface area is 198 Å². The van der Waals surface area contributed by atoms with Gasteiger partial charge in [0.05, 0.1) is 18.0 Å². The highest BCUT2D eigenvalue weighted by Crippen LogP contribution is 2.38. The Hall–Kier alpha value is -3.47. The van der Waals surface area contributed by atoms with Crippen LogP contribution in [0.2, 0.25) is 0 Å². The molecule has 3 nitrogen and oxygen atoms in total. The van der Waals surface area contributed by atoms with Gasteiger partial charge in [0, 0.05) is 28.6 Å². The van der Waals surface area contributed by atoms with E-state index in [0.717, 1.165) is 23.0 Å². The van der Waals surface area contributed by atoms with Gasteiger partial charge in [-0.15, -0.1) is 0 Å². The number of fused-ring (bicyclic) bond motifs is 3. The summed E-state index contributed by atoms with van der Waals surface area (Å²) in [7, 11) is 2.02. The van der Waals surface area contributed by atoms with Crippen LogP contribution in [0.15, 0.2) is 59.3 Å². The highest BCUT2D eigenvalue weighted by Gasteiger charge is 2.27. The first-order valence-electron chi connectivity index (χ1n) is 11.7. The molecule has 0 radical (unpaired) electrons. The van der Waals surface area contributed by atoms with Crippen LogP contribution >= 0.6 is 0 Å². The lowest BCUT2D eigenvalue weighted by Gasteiger charge is -2.18. The normalized spacial score (nSPS) is 12.1. The minimum Gasteiger partial charge on any atom is -0.456 e. The van der Waals surface area contributed by atoms with Crippen LogP contribution in [0.4, 0.5) is 8.78 Å². The second-order valence-electron chi connectivity index (χ2n) is 9.72. The quantitative estimate of drug-likeness (QED) is 0.252. The van der Waals surface area contributed by atoms with Crippen molar-refractivity contribution in [3.05, 3.63) is 83.2 Å². The second-order valence-corrected chi connectivity index (χ2v) is 9.72. The van der Waals surface area contributed by atoms with Crippen molar-refractivity contribution in [3.63, 3.8) is 0 Å². The average Bonchev–Trinajstić information content (AvgIpc) is 3.31. The molecule has 0 aliphatic rings. The molecule has 2 aromatic heterocycles. The highest BCUT2D eigenvalue weighted by molar-refractivity contribution is 6.06. The molecule has 0 fully saturated rings. The second kappa shape index (κ2) is 8.08. The molecule has 2 heterocycles. The number of para-hydroxylation sites is 1. The van der Waals surface area contributed by atoms with Gasteiger partial charge in [-0.1, -0.05) is 45.9 Å². The van der Waals surface area contributed by atoms with Gasteiger partial charge in [-0.3, -0.25) is 0 Å². The van der Waals surface area contributed by atoms with Crippen molar-refractivity contribution < 1.29 is 17.8 Å². The maximum absolute atomic E-state index is 14.6. The van der Waals surface area contributed by atoms with Gasteiger partial charge in [0.2, 0.25) is 0 Å². The minimum atomic E-state index is -0.646. The third kappa shape index (κ3) is 3.42. The van der Waals surface area contributed by atoms with Crippen molar-refractivity contribution in [3.8, 4) is 17.1 Å². The molecule has 174 valence electrons. The first-order valence-corrected chi connectivity index (χ1v) is 11.7.